The molecule has 2 aromatic rings. The van der Waals surface area contributed by atoms with Crippen LogP contribution in [0.5, 0.6) is 17.2 Å². The van der Waals surface area contributed by atoms with E-state index in [1.165, 1.54) is 0 Å². The normalized spacial score (nSPS) is 13.7. The van der Waals surface area contributed by atoms with Gasteiger partial charge in [-0.25, -0.2) is 0 Å². The predicted molar refractivity (Wildman–Crippen MR) is 77.0 cm³/mol. The second-order valence-corrected chi connectivity index (χ2v) is 4.78. The molecule has 0 saturated heterocycles. The summed E-state index contributed by atoms with van der Waals surface area (Å²) >= 11 is 0. The lowest BCUT2D eigenvalue weighted by Crippen LogP contribution is -2.23. The largest absolute Gasteiger partial charge is 0.493 e. The van der Waals surface area contributed by atoms with E-state index in [1.807, 2.05) is 12.1 Å². The zero-order chi connectivity index (χ0) is 14.8. The zero-order valence-corrected chi connectivity index (χ0v) is 12.4. The average molecular weight is 290 g/mol. The first-order valence-corrected chi connectivity index (χ1v) is 6.77. The Morgan fingerprint density at radius 2 is 1.81 bits per heavy atom. The van der Waals surface area contributed by atoms with E-state index in [4.69, 9.17) is 18.7 Å². The molecule has 0 amide bonds. The van der Waals surface area contributed by atoms with Crippen molar-refractivity contribution in [2.24, 2.45) is 0 Å². The molecule has 0 spiro atoms. The molecule has 0 radical (unpaired) electrons. The SMILES string of the molecule is COc1cc(-c2onc3c2CNCC3)cc(OC)c1OC. The third-order valence-electron chi connectivity index (χ3n) is 3.64. The van der Waals surface area contributed by atoms with Crippen LogP contribution in [-0.4, -0.2) is 33.0 Å². The van der Waals surface area contributed by atoms with E-state index < -0.39 is 0 Å². The number of fused-ring (bicyclic) bond motifs is 1. The Labute approximate surface area is 123 Å². The van der Waals surface area contributed by atoms with Crippen LogP contribution in [0.25, 0.3) is 11.3 Å². The molecule has 0 bridgehead atoms. The number of nitrogens with zero attached hydrogens (tertiary/aromatic N) is 1. The fraction of sp³-hybridized carbons (Fsp3) is 0.400. The van der Waals surface area contributed by atoms with Gasteiger partial charge in [0.25, 0.3) is 0 Å². The maximum Gasteiger partial charge on any atom is 0.203 e. The van der Waals surface area contributed by atoms with Gasteiger partial charge >= 0.3 is 0 Å². The van der Waals surface area contributed by atoms with Crippen LogP contribution in [0.15, 0.2) is 16.7 Å². The van der Waals surface area contributed by atoms with Crippen LogP contribution < -0.4 is 19.5 Å². The van der Waals surface area contributed by atoms with E-state index in [2.05, 4.69) is 10.5 Å². The molecule has 112 valence electrons. The molecule has 0 atom stereocenters. The van der Waals surface area contributed by atoms with Crippen molar-refractivity contribution >= 4 is 0 Å². The highest BCUT2D eigenvalue weighted by atomic mass is 16.5. The van der Waals surface area contributed by atoms with E-state index in [1.54, 1.807) is 21.3 Å². The van der Waals surface area contributed by atoms with Crippen LogP contribution in [0.1, 0.15) is 11.3 Å². The average Bonchev–Trinajstić information content (AvgIpc) is 2.97. The number of hydrogen-bond acceptors (Lipinski definition) is 6. The highest BCUT2D eigenvalue weighted by Crippen LogP contribution is 2.42. The number of benzene rings is 1. The summed E-state index contributed by atoms with van der Waals surface area (Å²) in [5.74, 6) is 2.51. The molecule has 0 saturated carbocycles. The first-order valence-electron chi connectivity index (χ1n) is 6.77. The summed E-state index contributed by atoms with van der Waals surface area (Å²) in [6.07, 6.45) is 0.878. The van der Waals surface area contributed by atoms with Crippen molar-refractivity contribution < 1.29 is 18.7 Å². The predicted octanol–water partition coefficient (Wildman–Crippen LogP) is 2.01. The molecule has 1 aromatic heterocycles. The quantitative estimate of drug-likeness (QED) is 0.929. The minimum absolute atomic E-state index is 0.565. The van der Waals surface area contributed by atoms with Gasteiger partial charge in [-0.3, -0.25) is 0 Å². The Bertz CT molecular complexity index is 626. The summed E-state index contributed by atoms with van der Waals surface area (Å²) in [6, 6.07) is 3.74. The van der Waals surface area contributed by atoms with Gasteiger partial charge in [0.2, 0.25) is 5.75 Å². The topological polar surface area (TPSA) is 65.8 Å². The van der Waals surface area contributed by atoms with Gasteiger partial charge in [0, 0.05) is 30.6 Å². The van der Waals surface area contributed by atoms with Crippen molar-refractivity contribution in [2.45, 2.75) is 13.0 Å². The molecule has 0 aliphatic carbocycles. The van der Waals surface area contributed by atoms with E-state index in [0.29, 0.717) is 17.2 Å². The van der Waals surface area contributed by atoms with Crippen molar-refractivity contribution in [3.63, 3.8) is 0 Å². The lowest BCUT2D eigenvalue weighted by molar-refractivity contribution is 0.324. The van der Waals surface area contributed by atoms with Crippen molar-refractivity contribution in [1.82, 2.24) is 10.5 Å². The molecular weight excluding hydrogens is 272 g/mol. The molecule has 1 N–H and O–H groups in total. The molecule has 21 heavy (non-hydrogen) atoms. The monoisotopic (exact) mass is 290 g/mol. The summed E-state index contributed by atoms with van der Waals surface area (Å²) in [4.78, 5) is 0. The van der Waals surface area contributed by atoms with Crippen LogP contribution >= 0.6 is 0 Å². The molecular formula is C15H18N2O4. The number of hydrogen-bond donors (Lipinski definition) is 1. The van der Waals surface area contributed by atoms with Gasteiger partial charge < -0.3 is 24.1 Å². The number of aromatic nitrogens is 1. The van der Waals surface area contributed by atoms with Crippen LogP contribution in [0.3, 0.4) is 0 Å². The van der Waals surface area contributed by atoms with Crippen molar-refractivity contribution in [3.05, 3.63) is 23.4 Å². The summed E-state index contributed by atoms with van der Waals surface area (Å²) in [5.41, 5.74) is 2.97. The van der Waals surface area contributed by atoms with Gasteiger partial charge in [-0.05, 0) is 12.1 Å². The molecule has 1 aliphatic rings. The molecule has 1 aromatic carbocycles. The van der Waals surface area contributed by atoms with E-state index >= 15 is 0 Å². The maximum absolute atomic E-state index is 5.53. The number of nitrogens with one attached hydrogen (secondary N) is 1. The van der Waals surface area contributed by atoms with E-state index in [0.717, 1.165) is 42.1 Å². The van der Waals surface area contributed by atoms with E-state index in [-0.39, 0.29) is 0 Å². The van der Waals surface area contributed by atoms with E-state index in [9.17, 15) is 0 Å². The standard InChI is InChI=1S/C15H18N2O4/c1-18-12-6-9(7-13(19-2)15(12)20-3)14-10-8-16-5-4-11(10)17-21-14/h6-7,16H,4-5,8H2,1-3H3. The number of rotatable bonds is 4. The van der Waals surface area contributed by atoms with Crippen molar-refractivity contribution in [1.29, 1.82) is 0 Å². The van der Waals surface area contributed by atoms with Crippen molar-refractivity contribution in [2.75, 3.05) is 27.9 Å². The van der Waals surface area contributed by atoms with Gasteiger partial charge in [-0.15, -0.1) is 0 Å². The Morgan fingerprint density at radius 1 is 1.10 bits per heavy atom. The zero-order valence-electron chi connectivity index (χ0n) is 12.4. The molecule has 6 heteroatoms. The second kappa shape index (κ2) is 5.65. The van der Waals surface area contributed by atoms with Gasteiger partial charge in [-0.2, -0.15) is 0 Å². The molecule has 1 aliphatic heterocycles. The fourth-order valence-electron chi connectivity index (χ4n) is 2.58. The third kappa shape index (κ3) is 2.31. The molecule has 2 heterocycles. The second-order valence-electron chi connectivity index (χ2n) is 4.78. The Hall–Kier alpha value is -2.21. The van der Waals surface area contributed by atoms with Gasteiger partial charge in [0.05, 0.1) is 27.0 Å². The van der Waals surface area contributed by atoms with Crippen molar-refractivity contribution in [3.8, 4) is 28.6 Å². The first kappa shape index (κ1) is 13.8. The Balaban J connectivity index is 2.12. The lowest BCUT2D eigenvalue weighted by atomic mass is 10.0. The first-order chi connectivity index (χ1) is 10.3. The van der Waals surface area contributed by atoms with Gasteiger partial charge in [-0.1, -0.05) is 5.16 Å². The van der Waals surface area contributed by atoms with Gasteiger partial charge in [0.1, 0.15) is 0 Å². The summed E-state index contributed by atoms with van der Waals surface area (Å²) < 4.78 is 21.6. The highest BCUT2D eigenvalue weighted by molar-refractivity contribution is 5.70. The third-order valence-corrected chi connectivity index (χ3v) is 3.64. The highest BCUT2D eigenvalue weighted by Gasteiger charge is 2.23. The smallest absolute Gasteiger partial charge is 0.203 e. The van der Waals surface area contributed by atoms with Crippen LogP contribution in [0.2, 0.25) is 0 Å². The summed E-state index contributed by atoms with van der Waals surface area (Å²) in [6.45, 7) is 1.68. The van der Waals surface area contributed by atoms with Crippen LogP contribution in [0.4, 0.5) is 0 Å². The fourth-order valence-corrected chi connectivity index (χ4v) is 2.58. The van der Waals surface area contributed by atoms with Crippen LogP contribution in [0, 0.1) is 0 Å². The summed E-state index contributed by atoms with van der Waals surface area (Å²) in [5, 5.41) is 7.49. The molecule has 0 unspecified atom stereocenters. The van der Waals surface area contributed by atoms with Gasteiger partial charge in [0.15, 0.2) is 17.3 Å². The number of methoxy groups -OCH3 is 3. The van der Waals surface area contributed by atoms with Crippen LogP contribution in [-0.2, 0) is 13.0 Å². The minimum atomic E-state index is 0.565. The molecule has 6 nitrogen and oxygen atoms in total. The Kier molecular flexibility index (Phi) is 3.70. The maximum atomic E-state index is 5.53. The minimum Gasteiger partial charge on any atom is -0.493 e. The molecule has 0 fully saturated rings. The lowest BCUT2D eigenvalue weighted by Gasteiger charge is -2.15. The number of ether oxygens (including phenoxy) is 3. The Morgan fingerprint density at radius 3 is 2.43 bits per heavy atom. The summed E-state index contributed by atoms with van der Waals surface area (Å²) in [7, 11) is 4.78. The molecule has 3 rings (SSSR count).